The van der Waals surface area contributed by atoms with E-state index >= 15 is 0 Å². The predicted octanol–water partition coefficient (Wildman–Crippen LogP) is 1.38. The molecule has 0 heterocycles. The molecule has 0 saturated carbocycles. The minimum absolute atomic E-state index is 0.391. The summed E-state index contributed by atoms with van der Waals surface area (Å²) in [7, 11) is 3.15. The van der Waals surface area contributed by atoms with E-state index in [1.165, 1.54) is 0 Å². The molecule has 1 amide bonds. The van der Waals surface area contributed by atoms with Gasteiger partial charge >= 0.3 is 0 Å². The largest absolute Gasteiger partial charge is 0.497 e. The molecule has 1 aromatic rings. The maximum absolute atomic E-state index is 11.2. The highest BCUT2D eigenvalue weighted by molar-refractivity contribution is 5.83. The summed E-state index contributed by atoms with van der Waals surface area (Å²) >= 11 is 0. The van der Waals surface area contributed by atoms with E-state index < -0.39 is 11.9 Å². The van der Waals surface area contributed by atoms with Gasteiger partial charge in [0.15, 0.2) is 0 Å². The molecule has 1 rings (SSSR count). The number of hydrogen-bond donors (Lipinski definition) is 2. The summed E-state index contributed by atoms with van der Waals surface area (Å²) in [5, 5.41) is 3.04. The van der Waals surface area contributed by atoms with Crippen molar-refractivity contribution in [2.45, 2.75) is 19.4 Å². The van der Waals surface area contributed by atoms with Gasteiger partial charge < -0.3 is 20.5 Å². The van der Waals surface area contributed by atoms with Crippen molar-refractivity contribution in [2.24, 2.45) is 5.73 Å². The maximum atomic E-state index is 11.2. The second-order valence-electron chi connectivity index (χ2n) is 3.57. The lowest BCUT2D eigenvalue weighted by Gasteiger charge is -2.17. The Labute approximate surface area is 101 Å². The molecule has 0 fully saturated rings. The van der Waals surface area contributed by atoms with E-state index in [4.69, 9.17) is 15.2 Å². The zero-order valence-corrected chi connectivity index (χ0v) is 10.3. The van der Waals surface area contributed by atoms with Crippen LogP contribution in [0.3, 0.4) is 0 Å². The molecule has 0 spiro atoms. The third-order valence-corrected chi connectivity index (χ3v) is 2.49. The molecule has 0 radical (unpaired) electrons. The fraction of sp³-hybridized carbons (Fsp3) is 0.417. The van der Waals surface area contributed by atoms with E-state index in [0.29, 0.717) is 23.6 Å². The van der Waals surface area contributed by atoms with Crippen molar-refractivity contribution < 1.29 is 14.3 Å². The fourth-order valence-electron chi connectivity index (χ4n) is 1.49. The standard InChI is InChI=1S/C12H18N2O3/c1-4-9(12(13)15)14-10-7-8(16-2)5-6-11(10)17-3/h5-7,9,14H,4H2,1-3H3,(H2,13,15). The van der Waals surface area contributed by atoms with Crippen molar-refractivity contribution in [3.05, 3.63) is 18.2 Å². The Morgan fingerprint density at radius 3 is 2.59 bits per heavy atom. The number of anilines is 1. The van der Waals surface area contributed by atoms with Crippen LogP contribution in [0.15, 0.2) is 18.2 Å². The molecule has 0 aliphatic carbocycles. The summed E-state index contributed by atoms with van der Waals surface area (Å²) in [5.74, 6) is 0.940. The number of carbonyl (C=O) groups is 1. The van der Waals surface area contributed by atoms with Gasteiger partial charge in [0.25, 0.3) is 0 Å². The highest BCUT2D eigenvalue weighted by Crippen LogP contribution is 2.29. The van der Waals surface area contributed by atoms with Gasteiger partial charge in [-0.1, -0.05) is 6.92 Å². The summed E-state index contributed by atoms with van der Waals surface area (Å²) in [5.41, 5.74) is 5.98. The van der Waals surface area contributed by atoms with E-state index in [0.717, 1.165) is 0 Å². The van der Waals surface area contributed by atoms with Gasteiger partial charge in [-0.3, -0.25) is 4.79 Å². The number of amides is 1. The molecule has 0 aliphatic heterocycles. The quantitative estimate of drug-likeness (QED) is 0.785. The van der Waals surface area contributed by atoms with Crippen LogP contribution < -0.4 is 20.5 Å². The second kappa shape index (κ2) is 5.98. The van der Waals surface area contributed by atoms with E-state index in [1.807, 2.05) is 6.92 Å². The first kappa shape index (κ1) is 13.2. The molecule has 0 bridgehead atoms. The van der Waals surface area contributed by atoms with Gasteiger partial charge in [0.2, 0.25) is 5.91 Å². The smallest absolute Gasteiger partial charge is 0.239 e. The molecule has 3 N–H and O–H groups in total. The minimum Gasteiger partial charge on any atom is -0.497 e. The SMILES string of the molecule is CCC(Nc1cc(OC)ccc1OC)C(N)=O. The van der Waals surface area contributed by atoms with Crippen LogP contribution in [-0.4, -0.2) is 26.2 Å². The summed E-state index contributed by atoms with van der Waals surface area (Å²) in [4.78, 5) is 11.2. The Morgan fingerprint density at radius 2 is 2.12 bits per heavy atom. The second-order valence-corrected chi connectivity index (χ2v) is 3.57. The van der Waals surface area contributed by atoms with Crippen molar-refractivity contribution in [3.63, 3.8) is 0 Å². The van der Waals surface area contributed by atoms with Gasteiger partial charge in [-0.15, -0.1) is 0 Å². The summed E-state index contributed by atoms with van der Waals surface area (Å²) < 4.78 is 10.3. The summed E-state index contributed by atoms with van der Waals surface area (Å²) in [6.45, 7) is 1.88. The van der Waals surface area contributed by atoms with Crippen LogP contribution >= 0.6 is 0 Å². The normalized spacial score (nSPS) is 11.7. The van der Waals surface area contributed by atoms with Crippen molar-refractivity contribution in [3.8, 4) is 11.5 Å². The molecule has 94 valence electrons. The Kier molecular flexibility index (Phi) is 4.63. The average molecular weight is 238 g/mol. The number of carbonyl (C=O) groups excluding carboxylic acids is 1. The first-order valence-corrected chi connectivity index (χ1v) is 5.40. The van der Waals surface area contributed by atoms with Gasteiger partial charge in [-0.05, 0) is 18.6 Å². The molecule has 5 nitrogen and oxygen atoms in total. The van der Waals surface area contributed by atoms with Crippen LogP contribution in [0.5, 0.6) is 11.5 Å². The first-order valence-electron chi connectivity index (χ1n) is 5.40. The van der Waals surface area contributed by atoms with Crippen molar-refractivity contribution in [2.75, 3.05) is 19.5 Å². The van der Waals surface area contributed by atoms with Crippen LogP contribution in [0.4, 0.5) is 5.69 Å². The predicted molar refractivity (Wildman–Crippen MR) is 66.4 cm³/mol. The van der Waals surface area contributed by atoms with Crippen LogP contribution in [0.2, 0.25) is 0 Å². The molecule has 5 heteroatoms. The van der Waals surface area contributed by atoms with Crippen molar-refractivity contribution >= 4 is 11.6 Å². The molecule has 0 saturated heterocycles. The van der Waals surface area contributed by atoms with Gasteiger partial charge in [0, 0.05) is 6.07 Å². The average Bonchev–Trinajstić information content (AvgIpc) is 2.35. The lowest BCUT2D eigenvalue weighted by Crippen LogP contribution is -2.34. The number of ether oxygens (including phenoxy) is 2. The monoisotopic (exact) mass is 238 g/mol. The van der Waals surface area contributed by atoms with E-state index in [-0.39, 0.29) is 0 Å². The topological polar surface area (TPSA) is 73.6 Å². The van der Waals surface area contributed by atoms with Crippen molar-refractivity contribution in [1.29, 1.82) is 0 Å². The Hall–Kier alpha value is -1.91. The highest BCUT2D eigenvalue weighted by Gasteiger charge is 2.15. The third kappa shape index (κ3) is 3.27. The summed E-state index contributed by atoms with van der Waals surface area (Å²) in [6, 6.07) is 4.91. The van der Waals surface area contributed by atoms with Gasteiger partial charge in [-0.25, -0.2) is 0 Å². The fourth-order valence-corrected chi connectivity index (χ4v) is 1.49. The van der Waals surface area contributed by atoms with E-state index in [1.54, 1.807) is 32.4 Å². The number of rotatable bonds is 6. The number of benzene rings is 1. The zero-order valence-electron chi connectivity index (χ0n) is 10.3. The number of nitrogens with one attached hydrogen (secondary N) is 1. The van der Waals surface area contributed by atoms with Crippen LogP contribution in [0.25, 0.3) is 0 Å². The molecule has 0 aromatic heterocycles. The molecular formula is C12H18N2O3. The lowest BCUT2D eigenvalue weighted by molar-refractivity contribution is -0.118. The molecule has 1 atom stereocenters. The Balaban J connectivity index is 2.97. The number of nitrogens with two attached hydrogens (primary N) is 1. The van der Waals surface area contributed by atoms with Gasteiger partial charge in [-0.2, -0.15) is 0 Å². The van der Waals surface area contributed by atoms with Crippen molar-refractivity contribution in [1.82, 2.24) is 0 Å². The highest BCUT2D eigenvalue weighted by atomic mass is 16.5. The van der Waals surface area contributed by atoms with Crippen LogP contribution in [-0.2, 0) is 4.79 Å². The first-order chi connectivity index (χ1) is 8.12. The lowest BCUT2D eigenvalue weighted by atomic mass is 10.2. The molecule has 0 aliphatic rings. The van der Waals surface area contributed by atoms with Gasteiger partial charge in [0.1, 0.15) is 17.5 Å². The maximum Gasteiger partial charge on any atom is 0.239 e. The zero-order chi connectivity index (χ0) is 12.8. The Bertz CT molecular complexity index is 393. The van der Waals surface area contributed by atoms with Crippen LogP contribution in [0, 0.1) is 0 Å². The number of primary amides is 1. The van der Waals surface area contributed by atoms with E-state index in [2.05, 4.69) is 5.32 Å². The Morgan fingerprint density at radius 1 is 1.41 bits per heavy atom. The van der Waals surface area contributed by atoms with Crippen LogP contribution in [0.1, 0.15) is 13.3 Å². The summed E-state index contributed by atoms with van der Waals surface area (Å²) in [6.07, 6.45) is 0.607. The number of hydrogen-bond acceptors (Lipinski definition) is 4. The molecule has 1 aromatic carbocycles. The minimum atomic E-state index is -0.420. The molecule has 1 unspecified atom stereocenters. The van der Waals surface area contributed by atoms with E-state index in [9.17, 15) is 4.79 Å². The van der Waals surface area contributed by atoms with Gasteiger partial charge in [0.05, 0.1) is 19.9 Å². The molecular weight excluding hydrogens is 220 g/mol. The molecule has 17 heavy (non-hydrogen) atoms. The number of methoxy groups -OCH3 is 2. The third-order valence-electron chi connectivity index (χ3n) is 2.49.